The molecule has 0 amide bonds. The molecule has 0 aromatic rings. The fourth-order valence-electron chi connectivity index (χ4n) is 5.01. The highest BCUT2D eigenvalue weighted by atomic mass is 14.9. The third-order valence-electron chi connectivity index (χ3n) is 6.94. The third-order valence-corrected chi connectivity index (χ3v) is 6.94. The summed E-state index contributed by atoms with van der Waals surface area (Å²) >= 11 is 0. The first-order chi connectivity index (χ1) is 14.4. The van der Waals surface area contributed by atoms with Gasteiger partial charge < -0.3 is 21.3 Å². The van der Waals surface area contributed by atoms with Gasteiger partial charge in [-0.3, -0.25) is 0 Å². The standard InChI is InChI=1S/C25H52N4/c1-2-6-13-24(12-5-1)22-28-20-10-18-26-16-9-17-27-19-11-21-29-23-25-14-7-3-4-8-15-25/h24-29H,1-23H2. The van der Waals surface area contributed by atoms with Crippen LogP contribution in [0.5, 0.6) is 0 Å². The van der Waals surface area contributed by atoms with Crippen LogP contribution < -0.4 is 21.3 Å². The second-order valence-corrected chi connectivity index (χ2v) is 9.68. The first kappa shape index (κ1) is 25.1. The number of hydrogen-bond acceptors (Lipinski definition) is 4. The van der Waals surface area contributed by atoms with Gasteiger partial charge in [0.2, 0.25) is 0 Å². The van der Waals surface area contributed by atoms with Crippen LogP contribution in [-0.2, 0) is 0 Å². The molecule has 2 aliphatic rings. The zero-order chi connectivity index (χ0) is 20.2. The van der Waals surface area contributed by atoms with Gasteiger partial charge in [0.1, 0.15) is 0 Å². The molecule has 2 rings (SSSR count). The van der Waals surface area contributed by atoms with Crippen LogP contribution in [-0.4, -0.2) is 52.4 Å². The molecule has 2 saturated carbocycles. The maximum Gasteiger partial charge on any atom is -0.00205 e. The highest BCUT2D eigenvalue weighted by Gasteiger charge is 2.12. The van der Waals surface area contributed by atoms with Gasteiger partial charge in [0, 0.05) is 0 Å². The van der Waals surface area contributed by atoms with Gasteiger partial charge >= 0.3 is 0 Å². The zero-order valence-electron chi connectivity index (χ0n) is 19.4. The topological polar surface area (TPSA) is 48.1 Å². The fraction of sp³-hybridized carbons (Fsp3) is 1.00. The van der Waals surface area contributed by atoms with Gasteiger partial charge in [0.15, 0.2) is 0 Å². The van der Waals surface area contributed by atoms with E-state index in [0.717, 1.165) is 38.0 Å². The van der Waals surface area contributed by atoms with Gasteiger partial charge in [0.25, 0.3) is 0 Å². The highest BCUT2D eigenvalue weighted by molar-refractivity contribution is 4.68. The minimum Gasteiger partial charge on any atom is -0.317 e. The smallest absolute Gasteiger partial charge is 0.00205 e. The Balaban J connectivity index is 1.23. The largest absolute Gasteiger partial charge is 0.317 e. The summed E-state index contributed by atoms with van der Waals surface area (Å²) in [4.78, 5) is 0. The van der Waals surface area contributed by atoms with E-state index < -0.39 is 0 Å². The minimum atomic E-state index is 0.948. The van der Waals surface area contributed by atoms with Crippen LogP contribution >= 0.6 is 0 Å². The molecule has 0 bridgehead atoms. The van der Waals surface area contributed by atoms with E-state index in [4.69, 9.17) is 0 Å². The van der Waals surface area contributed by atoms with Crippen molar-refractivity contribution in [2.45, 2.75) is 96.3 Å². The Kier molecular flexibility index (Phi) is 16.1. The van der Waals surface area contributed by atoms with E-state index in [1.165, 1.54) is 122 Å². The summed E-state index contributed by atoms with van der Waals surface area (Å²) in [6, 6.07) is 0. The zero-order valence-corrected chi connectivity index (χ0v) is 19.4. The lowest BCUT2D eigenvalue weighted by Crippen LogP contribution is -2.29. The number of rotatable bonds is 16. The summed E-state index contributed by atoms with van der Waals surface area (Å²) in [5, 5.41) is 14.6. The molecule has 0 aliphatic heterocycles. The van der Waals surface area contributed by atoms with Crippen molar-refractivity contribution in [2.24, 2.45) is 11.8 Å². The molecule has 2 fully saturated rings. The van der Waals surface area contributed by atoms with Crippen LogP contribution in [0.2, 0.25) is 0 Å². The van der Waals surface area contributed by atoms with E-state index in [0.29, 0.717) is 0 Å². The average molecular weight is 409 g/mol. The molecule has 0 saturated heterocycles. The second-order valence-electron chi connectivity index (χ2n) is 9.68. The van der Waals surface area contributed by atoms with Crippen molar-refractivity contribution in [1.82, 2.24) is 21.3 Å². The van der Waals surface area contributed by atoms with E-state index in [1.54, 1.807) is 0 Å². The Morgan fingerprint density at radius 3 is 1.03 bits per heavy atom. The first-order valence-electron chi connectivity index (χ1n) is 13.3. The maximum atomic E-state index is 3.68. The van der Waals surface area contributed by atoms with Crippen molar-refractivity contribution in [2.75, 3.05) is 52.4 Å². The van der Waals surface area contributed by atoms with Gasteiger partial charge in [-0.2, -0.15) is 0 Å². The van der Waals surface area contributed by atoms with Gasteiger partial charge in [-0.05, 0) is 109 Å². The van der Waals surface area contributed by atoms with Gasteiger partial charge in [-0.25, -0.2) is 0 Å². The molecule has 4 nitrogen and oxygen atoms in total. The monoisotopic (exact) mass is 408 g/mol. The highest BCUT2D eigenvalue weighted by Crippen LogP contribution is 2.22. The van der Waals surface area contributed by atoms with Crippen LogP contribution in [0.4, 0.5) is 0 Å². The Morgan fingerprint density at radius 2 is 0.690 bits per heavy atom. The Morgan fingerprint density at radius 1 is 0.379 bits per heavy atom. The van der Waals surface area contributed by atoms with Crippen LogP contribution in [0.3, 0.4) is 0 Å². The summed E-state index contributed by atoms with van der Waals surface area (Å²) in [5.41, 5.74) is 0. The van der Waals surface area contributed by atoms with Crippen molar-refractivity contribution in [1.29, 1.82) is 0 Å². The quantitative estimate of drug-likeness (QED) is 0.225. The molecule has 0 heterocycles. The van der Waals surface area contributed by atoms with E-state index in [1.807, 2.05) is 0 Å². The summed E-state index contributed by atoms with van der Waals surface area (Å²) < 4.78 is 0. The van der Waals surface area contributed by atoms with Crippen LogP contribution in [0, 0.1) is 11.8 Å². The molecule has 0 unspecified atom stereocenters. The number of hydrogen-bond donors (Lipinski definition) is 4. The molecule has 0 radical (unpaired) electrons. The Bertz CT molecular complexity index is 302. The molecule has 172 valence electrons. The molecular weight excluding hydrogens is 356 g/mol. The van der Waals surface area contributed by atoms with Gasteiger partial charge in [-0.15, -0.1) is 0 Å². The van der Waals surface area contributed by atoms with Crippen molar-refractivity contribution >= 4 is 0 Å². The molecule has 0 atom stereocenters. The Labute approximate surface area is 182 Å². The second kappa shape index (κ2) is 18.6. The van der Waals surface area contributed by atoms with Crippen LogP contribution in [0.1, 0.15) is 96.3 Å². The lowest BCUT2D eigenvalue weighted by molar-refractivity contribution is 0.421. The minimum absolute atomic E-state index is 0.948. The fourth-order valence-corrected chi connectivity index (χ4v) is 5.01. The van der Waals surface area contributed by atoms with E-state index in [2.05, 4.69) is 21.3 Å². The normalized spacial score (nSPS) is 19.9. The van der Waals surface area contributed by atoms with Crippen LogP contribution in [0.15, 0.2) is 0 Å². The van der Waals surface area contributed by atoms with Crippen molar-refractivity contribution in [3.8, 4) is 0 Å². The summed E-state index contributed by atoms with van der Waals surface area (Å²) in [6.07, 6.45) is 21.3. The van der Waals surface area contributed by atoms with Crippen molar-refractivity contribution in [3.05, 3.63) is 0 Å². The van der Waals surface area contributed by atoms with E-state index in [9.17, 15) is 0 Å². The van der Waals surface area contributed by atoms with E-state index in [-0.39, 0.29) is 0 Å². The maximum absolute atomic E-state index is 3.68. The van der Waals surface area contributed by atoms with E-state index >= 15 is 0 Å². The van der Waals surface area contributed by atoms with Crippen LogP contribution in [0.25, 0.3) is 0 Å². The summed E-state index contributed by atoms with van der Waals surface area (Å²) in [7, 11) is 0. The van der Waals surface area contributed by atoms with Gasteiger partial charge in [-0.1, -0.05) is 51.4 Å². The molecule has 2 aliphatic carbocycles. The summed E-state index contributed by atoms with van der Waals surface area (Å²) in [5.74, 6) is 1.90. The molecule has 0 aromatic heterocycles. The molecule has 0 spiro atoms. The molecule has 4 heteroatoms. The number of nitrogens with one attached hydrogen (secondary N) is 4. The lowest BCUT2D eigenvalue weighted by Gasteiger charge is -2.15. The molecular formula is C25H52N4. The van der Waals surface area contributed by atoms with Crippen molar-refractivity contribution < 1.29 is 0 Å². The average Bonchev–Trinajstić information content (AvgIpc) is 3.16. The Hall–Kier alpha value is -0.160. The third kappa shape index (κ3) is 14.5. The predicted octanol–water partition coefficient (Wildman–Crippen LogP) is 4.46. The SMILES string of the molecule is C1CCCC(CNCCCNCCCNCCCNCC2CCCCCC2)CC1. The first-order valence-corrected chi connectivity index (χ1v) is 13.3. The predicted molar refractivity (Wildman–Crippen MR) is 128 cm³/mol. The molecule has 0 aromatic carbocycles. The lowest BCUT2D eigenvalue weighted by atomic mass is 10.0. The summed E-state index contributed by atoms with van der Waals surface area (Å²) in [6.45, 7) is 9.46. The molecule has 29 heavy (non-hydrogen) atoms. The van der Waals surface area contributed by atoms with Crippen molar-refractivity contribution in [3.63, 3.8) is 0 Å². The molecule has 4 N–H and O–H groups in total. The van der Waals surface area contributed by atoms with Gasteiger partial charge in [0.05, 0.1) is 0 Å².